The Bertz CT molecular complexity index is 471. The van der Waals surface area contributed by atoms with Gasteiger partial charge >= 0.3 is 5.97 Å². The lowest BCUT2D eigenvalue weighted by Crippen LogP contribution is -2.43. The van der Waals surface area contributed by atoms with Crippen LogP contribution in [0, 0.1) is 5.92 Å². The van der Waals surface area contributed by atoms with Crippen molar-refractivity contribution in [2.24, 2.45) is 5.92 Å². The predicted octanol–water partition coefficient (Wildman–Crippen LogP) is 3.60. The van der Waals surface area contributed by atoms with Gasteiger partial charge in [-0.2, -0.15) is 0 Å². The number of hydrogen-bond donors (Lipinski definition) is 0. The van der Waals surface area contributed by atoms with Gasteiger partial charge in [0, 0.05) is 6.04 Å². The summed E-state index contributed by atoms with van der Waals surface area (Å²) in [4.78, 5) is 14.3. The molecule has 3 heteroatoms. The van der Waals surface area contributed by atoms with Gasteiger partial charge in [-0.1, -0.05) is 30.3 Å². The molecule has 0 radical (unpaired) electrons. The topological polar surface area (TPSA) is 29.5 Å². The van der Waals surface area contributed by atoms with Crippen LogP contribution in [0.5, 0.6) is 0 Å². The maximum absolute atomic E-state index is 11.6. The molecule has 120 valence electrons. The maximum Gasteiger partial charge on any atom is 0.308 e. The lowest BCUT2D eigenvalue weighted by molar-refractivity contribution is -0.147. The Labute approximate surface area is 133 Å². The minimum Gasteiger partial charge on any atom is -0.469 e. The third-order valence-corrected chi connectivity index (χ3v) is 5.55. The zero-order valence-electron chi connectivity index (χ0n) is 13.5. The number of carbonyl (C=O) groups excluding carboxylic acids is 1. The van der Waals surface area contributed by atoms with Crippen molar-refractivity contribution in [3.8, 4) is 0 Å². The Morgan fingerprint density at radius 3 is 2.23 bits per heavy atom. The van der Waals surface area contributed by atoms with Crippen molar-refractivity contribution in [2.45, 2.75) is 50.5 Å². The lowest BCUT2D eigenvalue weighted by atomic mass is 9.83. The molecule has 1 aromatic rings. The average molecular weight is 301 g/mol. The van der Waals surface area contributed by atoms with E-state index < -0.39 is 0 Å². The molecule has 22 heavy (non-hydrogen) atoms. The van der Waals surface area contributed by atoms with Gasteiger partial charge < -0.3 is 9.64 Å². The predicted molar refractivity (Wildman–Crippen MR) is 87.8 cm³/mol. The number of piperidine rings is 1. The van der Waals surface area contributed by atoms with E-state index in [0.717, 1.165) is 31.6 Å². The molecule has 1 aliphatic carbocycles. The molecule has 1 aliphatic heterocycles. The Kier molecular flexibility index (Phi) is 5.14. The molecular weight excluding hydrogens is 274 g/mol. The summed E-state index contributed by atoms with van der Waals surface area (Å²) in [6.07, 6.45) is 6.82. The van der Waals surface area contributed by atoms with E-state index in [1.807, 2.05) is 0 Å². The van der Waals surface area contributed by atoms with Crippen LogP contribution in [0.3, 0.4) is 0 Å². The highest BCUT2D eigenvalue weighted by Crippen LogP contribution is 2.33. The van der Waals surface area contributed by atoms with Gasteiger partial charge in [0.15, 0.2) is 0 Å². The highest BCUT2D eigenvalue weighted by atomic mass is 16.5. The van der Waals surface area contributed by atoms with Crippen molar-refractivity contribution in [1.82, 2.24) is 4.90 Å². The zero-order chi connectivity index (χ0) is 15.4. The van der Waals surface area contributed by atoms with Crippen molar-refractivity contribution in [3.05, 3.63) is 35.9 Å². The van der Waals surface area contributed by atoms with E-state index in [2.05, 4.69) is 35.2 Å². The third-order valence-electron chi connectivity index (χ3n) is 5.55. The summed E-state index contributed by atoms with van der Waals surface area (Å²) in [5.41, 5.74) is 1.50. The van der Waals surface area contributed by atoms with E-state index in [9.17, 15) is 4.79 Å². The van der Waals surface area contributed by atoms with E-state index in [1.54, 1.807) is 0 Å². The van der Waals surface area contributed by atoms with Gasteiger partial charge in [-0.05, 0) is 63.1 Å². The van der Waals surface area contributed by atoms with Gasteiger partial charge in [0.1, 0.15) is 0 Å². The normalized spacial score (nSPS) is 27.5. The quantitative estimate of drug-likeness (QED) is 0.799. The van der Waals surface area contributed by atoms with Gasteiger partial charge in [0.2, 0.25) is 0 Å². The second-order valence-electron chi connectivity index (χ2n) is 6.75. The Morgan fingerprint density at radius 2 is 1.64 bits per heavy atom. The molecule has 3 nitrogen and oxygen atoms in total. The summed E-state index contributed by atoms with van der Waals surface area (Å²) in [6.45, 7) is 2.40. The van der Waals surface area contributed by atoms with Crippen LogP contribution in [0.2, 0.25) is 0 Å². The highest BCUT2D eigenvalue weighted by Gasteiger charge is 2.31. The number of nitrogens with zero attached hydrogens (tertiary/aromatic N) is 1. The summed E-state index contributed by atoms with van der Waals surface area (Å²) < 4.78 is 4.88. The fraction of sp³-hybridized carbons (Fsp3) is 0.632. The first kappa shape index (κ1) is 15.5. The lowest BCUT2D eigenvalue weighted by Gasteiger charge is -2.40. The summed E-state index contributed by atoms with van der Waals surface area (Å²) in [5, 5.41) is 0. The van der Waals surface area contributed by atoms with Crippen LogP contribution in [0.15, 0.2) is 30.3 Å². The molecule has 1 saturated carbocycles. The van der Waals surface area contributed by atoms with Crippen LogP contribution in [0.4, 0.5) is 0 Å². The van der Waals surface area contributed by atoms with Crippen molar-refractivity contribution < 1.29 is 9.53 Å². The van der Waals surface area contributed by atoms with E-state index in [4.69, 9.17) is 4.74 Å². The van der Waals surface area contributed by atoms with E-state index in [0.29, 0.717) is 6.04 Å². The zero-order valence-corrected chi connectivity index (χ0v) is 13.5. The first-order valence-corrected chi connectivity index (χ1v) is 8.64. The van der Waals surface area contributed by atoms with Crippen LogP contribution < -0.4 is 0 Å². The molecule has 2 aliphatic rings. The van der Waals surface area contributed by atoms with Gasteiger partial charge in [0.25, 0.3) is 0 Å². The van der Waals surface area contributed by atoms with E-state index >= 15 is 0 Å². The SMILES string of the molecule is COC(=O)C1CCC(N2CCC(c3ccccc3)CC2)CC1. The first-order valence-electron chi connectivity index (χ1n) is 8.64. The van der Waals surface area contributed by atoms with E-state index in [1.165, 1.54) is 38.6 Å². The standard InChI is InChI=1S/C19H27NO2/c1-22-19(21)17-7-9-18(10-8-17)20-13-11-16(12-14-20)15-5-3-2-4-6-15/h2-6,16-18H,7-14H2,1H3. The highest BCUT2D eigenvalue weighted by molar-refractivity contribution is 5.72. The summed E-state index contributed by atoms with van der Waals surface area (Å²) in [5.74, 6) is 0.855. The average Bonchev–Trinajstić information content (AvgIpc) is 2.62. The number of benzene rings is 1. The Balaban J connectivity index is 1.47. The number of methoxy groups -OCH3 is 1. The molecule has 0 unspecified atom stereocenters. The second-order valence-corrected chi connectivity index (χ2v) is 6.75. The Morgan fingerprint density at radius 1 is 1.00 bits per heavy atom. The summed E-state index contributed by atoms with van der Waals surface area (Å²) in [7, 11) is 1.50. The van der Waals surface area contributed by atoms with Gasteiger partial charge in [0.05, 0.1) is 13.0 Å². The molecule has 1 saturated heterocycles. The van der Waals surface area contributed by atoms with Crippen molar-refractivity contribution >= 4 is 5.97 Å². The van der Waals surface area contributed by atoms with Crippen molar-refractivity contribution in [1.29, 1.82) is 0 Å². The van der Waals surface area contributed by atoms with Crippen molar-refractivity contribution in [3.63, 3.8) is 0 Å². The van der Waals surface area contributed by atoms with Crippen LogP contribution in [-0.4, -0.2) is 37.1 Å². The van der Waals surface area contributed by atoms with Gasteiger partial charge in [-0.15, -0.1) is 0 Å². The largest absolute Gasteiger partial charge is 0.469 e. The minimum absolute atomic E-state index is 0.0127. The molecule has 0 aromatic heterocycles. The van der Waals surface area contributed by atoms with E-state index in [-0.39, 0.29) is 11.9 Å². The number of likely N-dealkylation sites (tertiary alicyclic amines) is 1. The molecule has 0 bridgehead atoms. The Hall–Kier alpha value is -1.35. The molecule has 1 aromatic carbocycles. The number of esters is 1. The summed E-state index contributed by atoms with van der Waals surface area (Å²) in [6, 6.07) is 11.6. The number of rotatable bonds is 3. The second kappa shape index (κ2) is 7.28. The van der Waals surface area contributed by atoms with Crippen molar-refractivity contribution in [2.75, 3.05) is 20.2 Å². The molecular formula is C19H27NO2. The molecule has 0 N–H and O–H groups in total. The minimum atomic E-state index is -0.0127. The summed E-state index contributed by atoms with van der Waals surface area (Å²) >= 11 is 0. The van der Waals surface area contributed by atoms with Crippen LogP contribution >= 0.6 is 0 Å². The maximum atomic E-state index is 11.6. The number of hydrogen-bond acceptors (Lipinski definition) is 3. The number of carbonyl (C=O) groups is 1. The molecule has 0 atom stereocenters. The molecule has 0 spiro atoms. The third kappa shape index (κ3) is 3.52. The molecule has 3 rings (SSSR count). The monoisotopic (exact) mass is 301 g/mol. The fourth-order valence-corrected chi connectivity index (χ4v) is 4.17. The number of ether oxygens (including phenoxy) is 1. The molecule has 1 heterocycles. The van der Waals surface area contributed by atoms with Crippen LogP contribution in [0.25, 0.3) is 0 Å². The molecule has 2 fully saturated rings. The molecule has 0 amide bonds. The van der Waals surface area contributed by atoms with Crippen LogP contribution in [-0.2, 0) is 9.53 Å². The fourth-order valence-electron chi connectivity index (χ4n) is 4.17. The first-order chi connectivity index (χ1) is 10.8. The smallest absolute Gasteiger partial charge is 0.308 e. The van der Waals surface area contributed by atoms with Crippen LogP contribution in [0.1, 0.15) is 50.0 Å². The van der Waals surface area contributed by atoms with Gasteiger partial charge in [-0.25, -0.2) is 0 Å². The van der Waals surface area contributed by atoms with Gasteiger partial charge in [-0.3, -0.25) is 4.79 Å².